The minimum Gasteiger partial charge on any atom is -0.376 e. The van der Waals surface area contributed by atoms with E-state index < -0.39 is 0 Å². The molecule has 2 aliphatic rings. The number of fused-ring (bicyclic) bond motifs is 1. The summed E-state index contributed by atoms with van der Waals surface area (Å²) in [5, 5.41) is 0. The van der Waals surface area contributed by atoms with Crippen LogP contribution in [0.3, 0.4) is 0 Å². The molecule has 0 aliphatic carbocycles. The van der Waals surface area contributed by atoms with Crippen LogP contribution in [0.15, 0.2) is 0 Å². The van der Waals surface area contributed by atoms with Crippen molar-refractivity contribution in [1.82, 2.24) is 4.90 Å². The van der Waals surface area contributed by atoms with Crippen molar-refractivity contribution in [3.05, 3.63) is 0 Å². The van der Waals surface area contributed by atoms with Gasteiger partial charge in [-0.25, -0.2) is 0 Å². The van der Waals surface area contributed by atoms with Gasteiger partial charge in [0.1, 0.15) is 0 Å². The van der Waals surface area contributed by atoms with E-state index in [1.165, 1.54) is 0 Å². The van der Waals surface area contributed by atoms with Crippen LogP contribution in [0.4, 0.5) is 0 Å². The third-order valence-corrected chi connectivity index (χ3v) is 3.39. The van der Waals surface area contributed by atoms with Crippen LogP contribution in [0.1, 0.15) is 26.2 Å². The monoisotopic (exact) mass is 183 g/mol. The van der Waals surface area contributed by atoms with Crippen molar-refractivity contribution >= 4 is 5.91 Å². The molecule has 13 heavy (non-hydrogen) atoms. The highest BCUT2D eigenvalue weighted by Gasteiger charge is 2.42. The summed E-state index contributed by atoms with van der Waals surface area (Å²) in [6, 6.07) is 0.314. The van der Waals surface area contributed by atoms with Gasteiger partial charge in [-0.1, -0.05) is 6.92 Å². The summed E-state index contributed by atoms with van der Waals surface area (Å²) in [5.41, 5.74) is 0. The van der Waals surface area contributed by atoms with Gasteiger partial charge in [-0.3, -0.25) is 4.79 Å². The molecule has 3 unspecified atom stereocenters. The maximum Gasteiger partial charge on any atom is 0.223 e. The number of carbonyl (C=O) groups is 1. The SMILES string of the molecule is CCC1C2OCCC2CC(=O)N1C. The van der Waals surface area contributed by atoms with Gasteiger partial charge in [0.05, 0.1) is 12.1 Å². The molecule has 0 bridgehead atoms. The number of rotatable bonds is 1. The topological polar surface area (TPSA) is 29.5 Å². The first-order chi connectivity index (χ1) is 6.24. The highest BCUT2D eigenvalue weighted by molar-refractivity contribution is 5.77. The van der Waals surface area contributed by atoms with Crippen molar-refractivity contribution < 1.29 is 9.53 Å². The molecule has 2 rings (SSSR count). The summed E-state index contributed by atoms with van der Waals surface area (Å²) in [6.45, 7) is 2.96. The molecule has 2 aliphatic heterocycles. The molecule has 1 amide bonds. The maximum absolute atomic E-state index is 11.6. The molecular weight excluding hydrogens is 166 g/mol. The van der Waals surface area contributed by atoms with Crippen molar-refractivity contribution in [3.8, 4) is 0 Å². The van der Waals surface area contributed by atoms with Crippen molar-refractivity contribution in [2.24, 2.45) is 5.92 Å². The first-order valence-corrected chi connectivity index (χ1v) is 5.11. The standard InChI is InChI=1S/C10H17NO2/c1-3-8-10-7(4-5-13-10)6-9(12)11(8)2/h7-8,10H,3-6H2,1-2H3. The van der Waals surface area contributed by atoms with Gasteiger partial charge in [0.25, 0.3) is 0 Å². The lowest BCUT2D eigenvalue weighted by Gasteiger charge is -2.39. The molecule has 0 saturated carbocycles. The lowest BCUT2D eigenvalue weighted by atomic mass is 9.86. The van der Waals surface area contributed by atoms with Gasteiger partial charge in [-0.05, 0) is 18.8 Å². The van der Waals surface area contributed by atoms with Gasteiger partial charge in [0.2, 0.25) is 5.91 Å². The fourth-order valence-corrected chi connectivity index (χ4v) is 2.58. The van der Waals surface area contributed by atoms with Gasteiger partial charge in [-0.15, -0.1) is 0 Å². The van der Waals surface area contributed by atoms with E-state index in [2.05, 4.69) is 6.92 Å². The summed E-state index contributed by atoms with van der Waals surface area (Å²) >= 11 is 0. The predicted molar refractivity (Wildman–Crippen MR) is 49.3 cm³/mol. The van der Waals surface area contributed by atoms with Gasteiger partial charge >= 0.3 is 0 Å². The zero-order chi connectivity index (χ0) is 9.42. The first-order valence-electron chi connectivity index (χ1n) is 5.11. The van der Waals surface area contributed by atoms with Crippen LogP contribution in [0, 0.1) is 5.92 Å². The van der Waals surface area contributed by atoms with Crippen molar-refractivity contribution in [3.63, 3.8) is 0 Å². The number of likely N-dealkylation sites (N-methyl/N-ethyl adjacent to an activating group) is 1. The summed E-state index contributed by atoms with van der Waals surface area (Å²) in [7, 11) is 1.90. The predicted octanol–water partition coefficient (Wildman–Crippen LogP) is 1.03. The summed E-state index contributed by atoms with van der Waals surface area (Å²) in [4.78, 5) is 13.4. The molecule has 0 aromatic rings. The molecule has 74 valence electrons. The first kappa shape index (κ1) is 9.00. The average molecular weight is 183 g/mol. The van der Waals surface area contributed by atoms with E-state index in [0.29, 0.717) is 30.4 Å². The minimum absolute atomic E-state index is 0.290. The molecule has 2 heterocycles. The minimum atomic E-state index is 0.290. The Morgan fingerprint density at radius 3 is 3.08 bits per heavy atom. The summed E-state index contributed by atoms with van der Waals surface area (Å²) < 4.78 is 5.69. The Morgan fingerprint density at radius 1 is 1.62 bits per heavy atom. The number of piperidine rings is 1. The molecule has 0 N–H and O–H groups in total. The molecule has 3 nitrogen and oxygen atoms in total. The largest absolute Gasteiger partial charge is 0.376 e. The highest BCUT2D eigenvalue weighted by atomic mass is 16.5. The van der Waals surface area contributed by atoms with Gasteiger partial charge in [0.15, 0.2) is 0 Å². The second-order valence-corrected chi connectivity index (χ2v) is 4.07. The van der Waals surface area contributed by atoms with E-state index in [0.717, 1.165) is 19.4 Å². The third kappa shape index (κ3) is 1.35. The van der Waals surface area contributed by atoms with E-state index in [9.17, 15) is 4.79 Å². The van der Waals surface area contributed by atoms with Gasteiger partial charge in [-0.2, -0.15) is 0 Å². The quantitative estimate of drug-likeness (QED) is 0.607. The second-order valence-electron chi connectivity index (χ2n) is 4.07. The van der Waals surface area contributed by atoms with Crippen LogP contribution in [-0.2, 0) is 9.53 Å². The van der Waals surface area contributed by atoms with Gasteiger partial charge < -0.3 is 9.64 Å². The Kier molecular flexibility index (Phi) is 2.28. The summed E-state index contributed by atoms with van der Waals surface area (Å²) in [6.07, 6.45) is 3.08. The number of likely N-dealkylation sites (tertiary alicyclic amines) is 1. The van der Waals surface area contributed by atoms with Crippen LogP contribution < -0.4 is 0 Å². The molecule has 2 saturated heterocycles. The number of hydrogen-bond donors (Lipinski definition) is 0. The Balaban J connectivity index is 2.16. The molecule has 0 radical (unpaired) electrons. The van der Waals surface area contributed by atoms with Crippen molar-refractivity contribution in [2.45, 2.75) is 38.3 Å². The van der Waals surface area contributed by atoms with E-state index in [1.807, 2.05) is 11.9 Å². The van der Waals surface area contributed by atoms with E-state index in [1.54, 1.807) is 0 Å². The van der Waals surface area contributed by atoms with Crippen LogP contribution in [0.25, 0.3) is 0 Å². The molecule has 3 heteroatoms. The highest BCUT2D eigenvalue weighted by Crippen LogP contribution is 2.34. The Hall–Kier alpha value is -0.570. The Labute approximate surface area is 79.0 Å². The van der Waals surface area contributed by atoms with E-state index >= 15 is 0 Å². The average Bonchev–Trinajstić information content (AvgIpc) is 2.54. The summed E-state index contributed by atoms with van der Waals surface area (Å²) in [5.74, 6) is 0.784. The fourth-order valence-electron chi connectivity index (χ4n) is 2.58. The lowest BCUT2D eigenvalue weighted by Crippen LogP contribution is -2.51. The molecule has 0 aromatic carbocycles. The van der Waals surface area contributed by atoms with Crippen LogP contribution >= 0.6 is 0 Å². The number of hydrogen-bond acceptors (Lipinski definition) is 2. The lowest BCUT2D eigenvalue weighted by molar-refractivity contribution is -0.142. The molecule has 3 atom stereocenters. The third-order valence-electron chi connectivity index (χ3n) is 3.39. The fraction of sp³-hybridized carbons (Fsp3) is 0.900. The van der Waals surface area contributed by atoms with E-state index in [4.69, 9.17) is 4.74 Å². The van der Waals surface area contributed by atoms with Gasteiger partial charge in [0, 0.05) is 20.1 Å². The van der Waals surface area contributed by atoms with Crippen LogP contribution in [0.2, 0.25) is 0 Å². The number of amides is 1. The zero-order valence-corrected chi connectivity index (χ0v) is 8.32. The van der Waals surface area contributed by atoms with Crippen LogP contribution in [0.5, 0.6) is 0 Å². The second kappa shape index (κ2) is 3.29. The molecule has 0 aromatic heterocycles. The Morgan fingerprint density at radius 2 is 2.38 bits per heavy atom. The smallest absolute Gasteiger partial charge is 0.223 e. The number of nitrogens with zero attached hydrogens (tertiary/aromatic N) is 1. The van der Waals surface area contributed by atoms with Crippen LogP contribution in [-0.4, -0.2) is 36.6 Å². The molecular formula is C10H17NO2. The van der Waals surface area contributed by atoms with Crippen molar-refractivity contribution in [1.29, 1.82) is 0 Å². The normalized spacial score (nSPS) is 39.4. The van der Waals surface area contributed by atoms with Crippen molar-refractivity contribution in [2.75, 3.05) is 13.7 Å². The molecule has 2 fully saturated rings. The number of carbonyl (C=O) groups excluding carboxylic acids is 1. The van der Waals surface area contributed by atoms with E-state index in [-0.39, 0.29) is 0 Å². The maximum atomic E-state index is 11.6. The zero-order valence-electron chi connectivity index (χ0n) is 8.32. The number of ether oxygens (including phenoxy) is 1. The molecule has 0 spiro atoms. The Bertz CT molecular complexity index is 217.